The molecule has 0 rings (SSSR count). The maximum absolute atomic E-state index is 5.25. The molecule has 0 spiro atoms. The van der Waals surface area contributed by atoms with Crippen LogP contribution in [-0.2, 0) is 21.1 Å². The van der Waals surface area contributed by atoms with Gasteiger partial charge in [-0.3, -0.25) is 0 Å². The molecular weight excluding hydrogens is 231 g/mol. The molecule has 0 fully saturated rings. The van der Waals surface area contributed by atoms with E-state index in [1.165, 1.54) is 0 Å². The molecule has 0 N–H and O–H groups in total. The van der Waals surface area contributed by atoms with E-state index in [1.807, 2.05) is 0 Å². The average Bonchev–Trinajstić information content (AvgIpc) is 1.00. The molecule has 0 radical (unpaired) electrons. The molecule has 0 aliphatic heterocycles. The Bertz CT molecular complexity index is 8.00. The molecule has 0 amide bonds. The summed E-state index contributed by atoms with van der Waals surface area (Å²) in [6, 6.07) is 0. The second-order valence-corrected chi connectivity index (χ2v) is 0. The summed E-state index contributed by atoms with van der Waals surface area (Å²) in [5, 5.41) is 0. The van der Waals surface area contributed by atoms with Crippen molar-refractivity contribution in [2.45, 2.75) is 0 Å². The van der Waals surface area contributed by atoms with Crippen LogP contribution in [0.3, 0.4) is 0 Å². The molecular formula is C3H4Pt. The third-order valence-electron chi connectivity index (χ3n) is 0. The molecule has 0 bridgehead atoms. The Morgan fingerprint density at radius 3 is 1.25 bits per heavy atom. The Morgan fingerprint density at radius 1 is 1.25 bits per heavy atom. The minimum absolute atomic E-state index is 0. The van der Waals surface area contributed by atoms with Gasteiger partial charge >= 0.3 is 21.1 Å². The SMILES string of the molecule is [C-]#C.[CH3-].[Pt+2]. The van der Waals surface area contributed by atoms with Gasteiger partial charge in [0.15, 0.2) is 0 Å². The van der Waals surface area contributed by atoms with Crippen LogP contribution in [0.1, 0.15) is 0 Å². The molecule has 0 saturated carbocycles. The van der Waals surface area contributed by atoms with E-state index >= 15 is 0 Å². The number of hydrogen-bond donors (Lipinski definition) is 0. The van der Waals surface area contributed by atoms with Gasteiger partial charge < -0.3 is 20.3 Å². The first-order valence-electron chi connectivity index (χ1n) is 0.289. The fourth-order valence-corrected chi connectivity index (χ4v) is 0. The smallest absolute Gasteiger partial charge is 0.697 e. The van der Waals surface area contributed by atoms with Crippen LogP contribution in [0.15, 0.2) is 0 Å². The van der Waals surface area contributed by atoms with Gasteiger partial charge in [0.05, 0.1) is 0 Å². The van der Waals surface area contributed by atoms with Gasteiger partial charge in [0, 0.05) is 0 Å². The van der Waals surface area contributed by atoms with E-state index < -0.39 is 0 Å². The van der Waals surface area contributed by atoms with E-state index in [9.17, 15) is 0 Å². The molecule has 0 unspecified atom stereocenters. The van der Waals surface area contributed by atoms with Crippen LogP contribution in [0.25, 0.3) is 0 Å². The van der Waals surface area contributed by atoms with Crippen LogP contribution in [0.4, 0.5) is 0 Å². The second-order valence-electron chi connectivity index (χ2n) is 0. The monoisotopic (exact) mass is 235 g/mol. The maximum atomic E-state index is 5.25. The fraction of sp³-hybridized carbons (Fsp3) is 0. The van der Waals surface area contributed by atoms with Crippen LogP contribution in [0.5, 0.6) is 0 Å². The summed E-state index contributed by atoms with van der Waals surface area (Å²) < 4.78 is 0. The molecule has 1 heteroatoms. The summed E-state index contributed by atoms with van der Waals surface area (Å²) in [6.07, 6.45) is 9.00. The number of hydrogen-bond acceptors (Lipinski definition) is 0. The summed E-state index contributed by atoms with van der Waals surface area (Å²) in [7, 11) is 0. The maximum Gasteiger partial charge on any atom is 2.00 e. The zero-order chi connectivity index (χ0) is 2.00. The van der Waals surface area contributed by atoms with E-state index in [2.05, 4.69) is 6.42 Å². The van der Waals surface area contributed by atoms with Gasteiger partial charge in [-0.1, -0.05) is 0 Å². The van der Waals surface area contributed by atoms with Crippen molar-refractivity contribution in [1.29, 1.82) is 0 Å². The van der Waals surface area contributed by atoms with Gasteiger partial charge in [0.2, 0.25) is 0 Å². The minimum Gasteiger partial charge on any atom is -0.697 e. The quantitative estimate of drug-likeness (QED) is 0.427. The van der Waals surface area contributed by atoms with Crippen LogP contribution >= 0.6 is 0 Å². The van der Waals surface area contributed by atoms with Gasteiger partial charge in [-0.15, -0.1) is 0 Å². The van der Waals surface area contributed by atoms with E-state index in [0.29, 0.717) is 0 Å². The van der Waals surface area contributed by atoms with E-state index in [0.717, 1.165) is 0 Å². The summed E-state index contributed by atoms with van der Waals surface area (Å²) in [5.74, 6) is 0. The Morgan fingerprint density at radius 2 is 1.25 bits per heavy atom. The Balaban J connectivity index is -0.00000000500. The van der Waals surface area contributed by atoms with Crippen molar-refractivity contribution in [3.05, 3.63) is 13.9 Å². The predicted octanol–water partition coefficient (Wildman–Crippen LogP) is 0.654. The van der Waals surface area contributed by atoms with Crippen molar-refractivity contribution < 1.29 is 21.1 Å². The molecule has 0 aliphatic rings. The Hall–Kier alpha value is 0.248. The Labute approximate surface area is 41.9 Å². The molecule has 0 saturated heterocycles. The summed E-state index contributed by atoms with van der Waals surface area (Å²) in [4.78, 5) is 0. The topological polar surface area (TPSA) is 0 Å². The zero-order valence-corrected chi connectivity index (χ0v) is 4.67. The van der Waals surface area contributed by atoms with Crippen LogP contribution in [-0.4, -0.2) is 0 Å². The molecule has 0 aromatic carbocycles. The van der Waals surface area contributed by atoms with E-state index in [1.54, 1.807) is 0 Å². The first-order chi connectivity index (χ1) is 1.00. The summed E-state index contributed by atoms with van der Waals surface area (Å²) in [5.41, 5.74) is 0. The van der Waals surface area contributed by atoms with Gasteiger partial charge in [-0.05, 0) is 0 Å². The van der Waals surface area contributed by atoms with Crippen LogP contribution in [0, 0.1) is 20.3 Å². The molecule has 0 heterocycles. The second kappa shape index (κ2) is 266. The minimum atomic E-state index is 0. The van der Waals surface area contributed by atoms with Crippen molar-refractivity contribution >= 4 is 0 Å². The molecule has 0 aromatic heterocycles. The van der Waals surface area contributed by atoms with Crippen molar-refractivity contribution in [2.75, 3.05) is 0 Å². The largest absolute Gasteiger partial charge is 2.00 e. The third-order valence-corrected chi connectivity index (χ3v) is 0. The van der Waals surface area contributed by atoms with Gasteiger partial charge in [0.1, 0.15) is 0 Å². The summed E-state index contributed by atoms with van der Waals surface area (Å²) >= 11 is 0. The molecule has 0 aliphatic carbocycles. The normalized spacial score (nSPS) is 0.500. The van der Waals surface area contributed by atoms with Crippen LogP contribution < -0.4 is 0 Å². The van der Waals surface area contributed by atoms with E-state index in [-0.39, 0.29) is 28.5 Å². The molecule has 4 heavy (non-hydrogen) atoms. The number of terminal acetylenes is 1. The average molecular weight is 235 g/mol. The zero-order valence-electron chi connectivity index (χ0n) is 2.39. The first-order valence-corrected chi connectivity index (χ1v) is 0.289. The van der Waals surface area contributed by atoms with Crippen molar-refractivity contribution in [1.82, 2.24) is 0 Å². The fourth-order valence-electron chi connectivity index (χ4n) is 0. The molecule has 26 valence electrons. The first kappa shape index (κ1) is 28.8. The van der Waals surface area contributed by atoms with Gasteiger partial charge in [-0.2, -0.15) is 0 Å². The summed E-state index contributed by atoms with van der Waals surface area (Å²) in [6.45, 7) is 0. The predicted molar refractivity (Wildman–Crippen MR) is 14.6 cm³/mol. The van der Waals surface area contributed by atoms with E-state index in [4.69, 9.17) is 6.42 Å². The molecule has 0 nitrogen and oxygen atoms in total. The van der Waals surface area contributed by atoms with Crippen molar-refractivity contribution in [3.63, 3.8) is 0 Å². The van der Waals surface area contributed by atoms with Gasteiger partial charge in [0.25, 0.3) is 0 Å². The molecule has 0 atom stereocenters. The van der Waals surface area contributed by atoms with Crippen LogP contribution in [0.2, 0.25) is 0 Å². The third kappa shape index (κ3) is 56.8. The standard InChI is InChI=1S/C2H.CH3.Pt/c1-2;;/h1H;1H3;/q2*-1;+2. The van der Waals surface area contributed by atoms with Gasteiger partial charge in [-0.25, -0.2) is 0 Å². The Kier molecular flexibility index (Phi) is 1920. The van der Waals surface area contributed by atoms with Crippen molar-refractivity contribution in [3.8, 4) is 6.42 Å². The number of rotatable bonds is 0. The molecule has 0 aromatic rings. The van der Waals surface area contributed by atoms with Crippen molar-refractivity contribution in [2.24, 2.45) is 0 Å².